The highest BCUT2D eigenvalue weighted by Gasteiger charge is 2.19. The van der Waals surface area contributed by atoms with Crippen LogP contribution in [0.4, 0.5) is 5.69 Å². The summed E-state index contributed by atoms with van der Waals surface area (Å²) >= 11 is 7.36. The number of rotatable bonds is 6. The summed E-state index contributed by atoms with van der Waals surface area (Å²) in [4.78, 5) is 15.5. The summed E-state index contributed by atoms with van der Waals surface area (Å²) in [5.74, 6) is -0.206. The van der Waals surface area contributed by atoms with Gasteiger partial charge in [-0.2, -0.15) is 0 Å². The highest BCUT2D eigenvalue weighted by molar-refractivity contribution is 7.92. The second-order valence-electron chi connectivity index (χ2n) is 6.82. The molecule has 1 amide bonds. The van der Waals surface area contributed by atoms with Crippen LogP contribution in [-0.4, -0.2) is 26.3 Å². The van der Waals surface area contributed by atoms with Gasteiger partial charge in [0.05, 0.1) is 15.8 Å². The molecule has 0 unspecified atom stereocenters. The maximum atomic E-state index is 12.8. The Kier molecular flexibility index (Phi) is 6.31. The Morgan fingerprint density at radius 2 is 1.86 bits per heavy atom. The summed E-state index contributed by atoms with van der Waals surface area (Å²) in [5, 5.41) is 0. The third-order valence-corrected chi connectivity index (χ3v) is 7.10. The first-order valence-corrected chi connectivity index (χ1v) is 11.5. The molecule has 0 bridgehead atoms. The van der Waals surface area contributed by atoms with Gasteiger partial charge in [-0.3, -0.25) is 9.52 Å². The quantitative estimate of drug-likeness (QED) is 0.571. The Morgan fingerprint density at radius 3 is 2.55 bits per heavy atom. The summed E-state index contributed by atoms with van der Waals surface area (Å²) in [6.07, 6.45) is 0. The lowest BCUT2D eigenvalue weighted by Gasteiger charge is -2.17. The topological polar surface area (TPSA) is 66.5 Å². The lowest BCUT2D eigenvalue weighted by molar-refractivity contribution is 0.0786. The van der Waals surface area contributed by atoms with E-state index in [1.54, 1.807) is 61.3 Å². The normalized spacial score (nSPS) is 11.3. The summed E-state index contributed by atoms with van der Waals surface area (Å²) < 4.78 is 28.9. The van der Waals surface area contributed by atoms with E-state index in [2.05, 4.69) is 4.72 Å². The lowest BCUT2D eigenvalue weighted by Crippen LogP contribution is -2.26. The molecule has 1 heterocycles. The van der Waals surface area contributed by atoms with E-state index in [-0.39, 0.29) is 10.8 Å². The third kappa shape index (κ3) is 5.18. The molecule has 0 spiro atoms. The van der Waals surface area contributed by atoms with Crippen LogP contribution in [0.5, 0.6) is 0 Å². The minimum absolute atomic E-state index is 0.206. The van der Waals surface area contributed by atoms with Gasteiger partial charge < -0.3 is 4.90 Å². The van der Waals surface area contributed by atoms with E-state index in [9.17, 15) is 13.2 Å². The maximum absolute atomic E-state index is 12.8. The molecule has 1 aromatic heterocycles. The zero-order chi connectivity index (χ0) is 21.2. The van der Waals surface area contributed by atoms with Crippen LogP contribution in [-0.2, 0) is 16.6 Å². The molecule has 0 atom stereocenters. The van der Waals surface area contributed by atoms with Crippen molar-refractivity contribution in [2.45, 2.75) is 25.3 Å². The van der Waals surface area contributed by atoms with Crippen molar-refractivity contribution in [1.29, 1.82) is 0 Å². The number of hydrogen-bond donors (Lipinski definition) is 1. The SMILES string of the molecule is Cc1ccc(C)c(S(=O)(=O)Nc2cccc(C(=O)N(C)Cc3ccc(Cl)s3)c2)c1. The largest absolute Gasteiger partial charge is 0.337 e. The number of benzene rings is 2. The highest BCUT2D eigenvalue weighted by atomic mass is 35.5. The molecular formula is C21H21ClN2O3S2. The van der Waals surface area contributed by atoms with Gasteiger partial charge in [-0.25, -0.2) is 8.42 Å². The molecule has 5 nitrogen and oxygen atoms in total. The zero-order valence-corrected chi connectivity index (χ0v) is 18.7. The van der Waals surface area contributed by atoms with Crippen molar-refractivity contribution in [3.63, 3.8) is 0 Å². The molecule has 29 heavy (non-hydrogen) atoms. The molecule has 0 fully saturated rings. The van der Waals surface area contributed by atoms with Crippen molar-refractivity contribution >= 4 is 44.6 Å². The highest BCUT2D eigenvalue weighted by Crippen LogP contribution is 2.24. The molecule has 2 aromatic carbocycles. The van der Waals surface area contributed by atoms with Crippen molar-refractivity contribution < 1.29 is 13.2 Å². The fraction of sp³-hybridized carbons (Fsp3) is 0.190. The number of carbonyl (C=O) groups excluding carboxylic acids is 1. The molecule has 0 radical (unpaired) electrons. The second-order valence-corrected chi connectivity index (χ2v) is 10.3. The van der Waals surface area contributed by atoms with Crippen molar-refractivity contribution in [3.05, 3.63) is 80.5 Å². The van der Waals surface area contributed by atoms with Crippen LogP contribution in [0.15, 0.2) is 59.5 Å². The summed E-state index contributed by atoms with van der Waals surface area (Å²) in [6, 6.07) is 15.4. The molecule has 0 aliphatic rings. The first kappa shape index (κ1) is 21.4. The zero-order valence-electron chi connectivity index (χ0n) is 16.3. The molecule has 0 saturated heterocycles. The van der Waals surface area contributed by atoms with E-state index in [0.29, 0.717) is 27.7 Å². The Bertz CT molecular complexity index is 1160. The molecule has 0 aliphatic heterocycles. The van der Waals surface area contributed by atoms with Gasteiger partial charge in [0, 0.05) is 23.2 Å². The minimum atomic E-state index is -3.76. The first-order chi connectivity index (χ1) is 13.7. The first-order valence-electron chi connectivity index (χ1n) is 8.85. The molecule has 0 aliphatic carbocycles. The number of thiophene rings is 1. The summed E-state index contributed by atoms with van der Waals surface area (Å²) in [6.45, 7) is 4.02. The van der Waals surface area contributed by atoms with Gasteiger partial charge in [-0.05, 0) is 61.4 Å². The van der Waals surface area contributed by atoms with Crippen LogP contribution in [0.1, 0.15) is 26.4 Å². The smallest absolute Gasteiger partial charge is 0.262 e. The molecular weight excluding hydrogens is 428 g/mol. The summed E-state index contributed by atoms with van der Waals surface area (Å²) in [7, 11) is -2.07. The van der Waals surface area contributed by atoms with Crippen LogP contribution in [0.2, 0.25) is 4.34 Å². The van der Waals surface area contributed by atoms with E-state index >= 15 is 0 Å². The number of nitrogens with one attached hydrogen (secondary N) is 1. The third-order valence-electron chi connectivity index (χ3n) is 4.36. The van der Waals surface area contributed by atoms with Crippen LogP contribution in [0.3, 0.4) is 0 Å². The van der Waals surface area contributed by atoms with Crippen LogP contribution < -0.4 is 4.72 Å². The Morgan fingerprint density at radius 1 is 1.10 bits per heavy atom. The Hall–Kier alpha value is -2.35. The number of hydrogen-bond acceptors (Lipinski definition) is 4. The Balaban J connectivity index is 1.80. The number of anilines is 1. The van der Waals surface area contributed by atoms with E-state index < -0.39 is 10.0 Å². The van der Waals surface area contributed by atoms with Crippen LogP contribution >= 0.6 is 22.9 Å². The van der Waals surface area contributed by atoms with Crippen LogP contribution in [0, 0.1) is 13.8 Å². The van der Waals surface area contributed by atoms with Crippen molar-refractivity contribution in [2.75, 3.05) is 11.8 Å². The van der Waals surface area contributed by atoms with Crippen molar-refractivity contribution in [3.8, 4) is 0 Å². The van der Waals surface area contributed by atoms with Gasteiger partial charge >= 0.3 is 0 Å². The number of halogens is 1. The molecule has 8 heteroatoms. The number of aryl methyl sites for hydroxylation is 2. The molecule has 3 aromatic rings. The second kappa shape index (κ2) is 8.57. The number of nitrogens with zero attached hydrogens (tertiary/aromatic N) is 1. The van der Waals surface area contributed by atoms with Gasteiger partial charge in [0.1, 0.15) is 0 Å². The summed E-state index contributed by atoms with van der Waals surface area (Å²) in [5.41, 5.74) is 2.25. The number of sulfonamides is 1. The van der Waals surface area contributed by atoms with E-state index in [0.717, 1.165) is 10.4 Å². The fourth-order valence-corrected chi connectivity index (χ4v) is 5.41. The van der Waals surface area contributed by atoms with Gasteiger partial charge in [0.15, 0.2) is 0 Å². The monoisotopic (exact) mass is 448 g/mol. The molecule has 3 rings (SSSR count). The number of carbonyl (C=O) groups is 1. The van der Waals surface area contributed by atoms with Crippen molar-refractivity contribution in [2.24, 2.45) is 0 Å². The Labute approximate surface area is 180 Å². The predicted octanol–water partition coefficient (Wildman–Crippen LogP) is 5.09. The van der Waals surface area contributed by atoms with Crippen molar-refractivity contribution in [1.82, 2.24) is 4.90 Å². The van der Waals surface area contributed by atoms with Gasteiger partial charge in [-0.15, -0.1) is 11.3 Å². The average molecular weight is 449 g/mol. The standard InChI is InChI=1S/C21H21ClN2O3S2/c1-14-7-8-15(2)19(11-14)29(26,27)23-17-6-4-5-16(12-17)21(25)24(3)13-18-9-10-20(22)28-18/h4-12,23H,13H2,1-3H3. The fourth-order valence-electron chi connectivity index (χ4n) is 2.89. The molecule has 0 saturated carbocycles. The average Bonchev–Trinajstić information content (AvgIpc) is 3.07. The lowest BCUT2D eigenvalue weighted by atomic mass is 10.2. The van der Waals surface area contributed by atoms with E-state index in [4.69, 9.17) is 11.6 Å². The van der Waals surface area contributed by atoms with Gasteiger partial charge in [-0.1, -0.05) is 29.8 Å². The van der Waals surface area contributed by atoms with E-state index in [1.165, 1.54) is 11.3 Å². The van der Waals surface area contributed by atoms with Gasteiger partial charge in [0.25, 0.3) is 15.9 Å². The minimum Gasteiger partial charge on any atom is -0.337 e. The molecule has 152 valence electrons. The van der Waals surface area contributed by atoms with E-state index in [1.807, 2.05) is 19.1 Å². The van der Waals surface area contributed by atoms with Crippen LogP contribution in [0.25, 0.3) is 0 Å². The number of amides is 1. The maximum Gasteiger partial charge on any atom is 0.262 e. The molecule has 1 N–H and O–H groups in total. The predicted molar refractivity (Wildman–Crippen MR) is 118 cm³/mol. The van der Waals surface area contributed by atoms with Gasteiger partial charge in [0.2, 0.25) is 0 Å².